The molecule has 0 aliphatic carbocycles. The molecule has 0 atom stereocenters. The Hall–Kier alpha value is -3.49. The van der Waals surface area contributed by atoms with E-state index in [2.05, 4.69) is 30.2 Å². The van der Waals surface area contributed by atoms with Gasteiger partial charge in [0.25, 0.3) is 5.91 Å². The number of carbonyl (C=O) groups is 1. The summed E-state index contributed by atoms with van der Waals surface area (Å²) in [6.45, 7) is 2.88. The second-order valence-electron chi connectivity index (χ2n) is 7.55. The fourth-order valence-electron chi connectivity index (χ4n) is 3.35. The predicted octanol–water partition coefficient (Wildman–Crippen LogP) is 1.71. The summed E-state index contributed by atoms with van der Waals surface area (Å²) in [5.74, 6) is 1.68. The van der Waals surface area contributed by atoms with Crippen molar-refractivity contribution >= 4 is 17.8 Å². The van der Waals surface area contributed by atoms with Crippen LogP contribution in [0.15, 0.2) is 43.0 Å². The molecule has 1 amide bonds. The van der Waals surface area contributed by atoms with E-state index >= 15 is 0 Å². The molecule has 0 saturated carbocycles. The van der Waals surface area contributed by atoms with Crippen LogP contribution in [0.4, 0.5) is 11.9 Å². The zero-order valence-corrected chi connectivity index (χ0v) is 17.3. The van der Waals surface area contributed by atoms with Gasteiger partial charge in [-0.1, -0.05) is 12.1 Å². The van der Waals surface area contributed by atoms with Crippen LogP contribution in [0.3, 0.4) is 0 Å². The van der Waals surface area contributed by atoms with E-state index in [4.69, 9.17) is 0 Å². The Bertz CT molecular complexity index is 979. The van der Waals surface area contributed by atoms with E-state index in [9.17, 15) is 4.79 Å². The van der Waals surface area contributed by atoms with Crippen LogP contribution in [-0.4, -0.2) is 57.6 Å². The molecule has 9 nitrogen and oxygen atoms in total. The fraction of sp³-hybridized carbons (Fsp3) is 0.381. The fourth-order valence-corrected chi connectivity index (χ4v) is 3.35. The summed E-state index contributed by atoms with van der Waals surface area (Å²) in [5, 5.41) is 2.92. The lowest BCUT2D eigenvalue weighted by Crippen LogP contribution is -2.27. The second kappa shape index (κ2) is 8.89. The first-order valence-corrected chi connectivity index (χ1v) is 10.1. The molecule has 0 radical (unpaired) electrons. The molecule has 3 aromatic rings. The van der Waals surface area contributed by atoms with Crippen molar-refractivity contribution in [1.82, 2.24) is 29.8 Å². The van der Waals surface area contributed by atoms with Crippen molar-refractivity contribution < 1.29 is 4.79 Å². The van der Waals surface area contributed by atoms with Crippen LogP contribution >= 0.6 is 0 Å². The van der Waals surface area contributed by atoms with Crippen LogP contribution in [-0.2, 0) is 13.1 Å². The maximum Gasteiger partial charge on any atom is 0.251 e. The van der Waals surface area contributed by atoms with E-state index in [1.54, 1.807) is 12.5 Å². The van der Waals surface area contributed by atoms with Crippen molar-refractivity contribution in [1.29, 1.82) is 0 Å². The molecule has 4 rings (SSSR count). The van der Waals surface area contributed by atoms with Gasteiger partial charge in [0.2, 0.25) is 11.9 Å². The summed E-state index contributed by atoms with van der Waals surface area (Å²) in [6, 6.07) is 7.56. The lowest BCUT2D eigenvalue weighted by molar-refractivity contribution is 0.0950. The van der Waals surface area contributed by atoms with Gasteiger partial charge in [-0.05, 0) is 30.5 Å². The zero-order chi connectivity index (χ0) is 20.9. The van der Waals surface area contributed by atoms with Crippen LogP contribution < -0.4 is 15.1 Å². The molecule has 30 heavy (non-hydrogen) atoms. The van der Waals surface area contributed by atoms with Gasteiger partial charge in [0.1, 0.15) is 0 Å². The van der Waals surface area contributed by atoms with Crippen molar-refractivity contribution in [2.75, 3.05) is 37.0 Å². The molecular formula is C21H26N8O. The highest BCUT2D eigenvalue weighted by molar-refractivity contribution is 5.94. The molecule has 1 aliphatic heterocycles. The normalized spacial score (nSPS) is 13.5. The van der Waals surface area contributed by atoms with Gasteiger partial charge in [-0.15, -0.1) is 0 Å². The second-order valence-corrected chi connectivity index (χ2v) is 7.55. The lowest BCUT2D eigenvalue weighted by Gasteiger charge is -2.19. The number of benzene rings is 1. The molecular weight excluding hydrogens is 380 g/mol. The third kappa shape index (κ3) is 4.73. The number of hydrogen-bond acceptors (Lipinski definition) is 7. The van der Waals surface area contributed by atoms with Gasteiger partial charge in [0.05, 0.1) is 12.9 Å². The highest BCUT2D eigenvalue weighted by Gasteiger charge is 2.18. The SMILES string of the molecule is CN(C)c1nc(CNC(=O)c2ccc(Cn3ccnc3)cc2)nc(N2CCCC2)n1. The minimum atomic E-state index is -0.154. The maximum atomic E-state index is 12.6. The standard InChI is InChI=1S/C21H26N8O/c1-27(2)20-24-18(25-21(26-20)29-10-3-4-11-29)13-23-19(30)17-7-5-16(6-8-17)14-28-12-9-22-15-28/h5-9,12,15H,3-4,10-11,13-14H2,1-2H3,(H,23,30). The average molecular weight is 406 g/mol. The van der Waals surface area contributed by atoms with Crippen LogP contribution in [0.1, 0.15) is 34.6 Å². The van der Waals surface area contributed by atoms with E-state index in [1.807, 2.05) is 54.0 Å². The first-order chi connectivity index (χ1) is 14.6. The molecule has 0 unspecified atom stereocenters. The molecule has 1 aliphatic rings. The van der Waals surface area contributed by atoms with Crippen molar-refractivity contribution in [2.24, 2.45) is 0 Å². The summed E-state index contributed by atoms with van der Waals surface area (Å²) in [7, 11) is 3.80. The topological polar surface area (TPSA) is 92.1 Å². The molecule has 3 heterocycles. The molecule has 1 aromatic carbocycles. The summed E-state index contributed by atoms with van der Waals surface area (Å²) < 4.78 is 1.98. The average Bonchev–Trinajstić information content (AvgIpc) is 3.47. The Kier molecular flexibility index (Phi) is 5.87. The van der Waals surface area contributed by atoms with E-state index < -0.39 is 0 Å². The molecule has 9 heteroatoms. The number of nitrogens with zero attached hydrogens (tertiary/aromatic N) is 7. The van der Waals surface area contributed by atoms with Crippen LogP contribution in [0.2, 0.25) is 0 Å². The lowest BCUT2D eigenvalue weighted by atomic mass is 10.1. The van der Waals surface area contributed by atoms with Crippen LogP contribution in [0.25, 0.3) is 0 Å². The number of carbonyl (C=O) groups excluding carboxylic acids is 1. The predicted molar refractivity (Wildman–Crippen MR) is 115 cm³/mol. The molecule has 2 aromatic heterocycles. The maximum absolute atomic E-state index is 12.6. The minimum Gasteiger partial charge on any atom is -0.347 e. The number of rotatable bonds is 7. The summed E-state index contributed by atoms with van der Waals surface area (Å²) >= 11 is 0. The molecule has 0 bridgehead atoms. The van der Waals surface area contributed by atoms with Crippen molar-refractivity contribution in [2.45, 2.75) is 25.9 Å². The van der Waals surface area contributed by atoms with Crippen LogP contribution in [0, 0.1) is 0 Å². The van der Waals surface area contributed by atoms with Gasteiger partial charge in [0.15, 0.2) is 5.82 Å². The van der Waals surface area contributed by atoms with E-state index in [0.717, 1.165) is 38.0 Å². The Morgan fingerprint density at radius 3 is 2.53 bits per heavy atom. The Morgan fingerprint density at radius 2 is 1.87 bits per heavy atom. The summed E-state index contributed by atoms with van der Waals surface area (Å²) in [6.07, 6.45) is 7.72. The largest absolute Gasteiger partial charge is 0.347 e. The molecule has 1 N–H and O–H groups in total. The monoisotopic (exact) mass is 406 g/mol. The first kappa shape index (κ1) is 19.8. The number of amides is 1. The van der Waals surface area contributed by atoms with E-state index in [0.29, 0.717) is 23.3 Å². The Labute approximate surface area is 175 Å². The summed E-state index contributed by atoms with van der Waals surface area (Å²) in [5.41, 5.74) is 1.71. The van der Waals surface area contributed by atoms with Gasteiger partial charge in [-0.2, -0.15) is 15.0 Å². The van der Waals surface area contributed by atoms with E-state index in [-0.39, 0.29) is 12.5 Å². The van der Waals surface area contributed by atoms with Gasteiger partial charge in [-0.3, -0.25) is 4.79 Å². The zero-order valence-electron chi connectivity index (χ0n) is 17.3. The number of anilines is 2. The van der Waals surface area contributed by atoms with Gasteiger partial charge >= 0.3 is 0 Å². The number of aromatic nitrogens is 5. The number of imidazole rings is 1. The summed E-state index contributed by atoms with van der Waals surface area (Å²) in [4.78, 5) is 34.3. The van der Waals surface area contributed by atoms with Crippen molar-refractivity contribution in [3.63, 3.8) is 0 Å². The first-order valence-electron chi connectivity index (χ1n) is 10.1. The van der Waals surface area contributed by atoms with Crippen LogP contribution in [0.5, 0.6) is 0 Å². The van der Waals surface area contributed by atoms with Crippen molar-refractivity contribution in [3.05, 3.63) is 59.9 Å². The highest BCUT2D eigenvalue weighted by atomic mass is 16.1. The number of hydrogen-bond donors (Lipinski definition) is 1. The smallest absolute Gasteiger partial charge is 0.251 e. The van der Waals surface area contributed by atoms with Crippen molar-refractivity contribution in [3.8, 4) is 0 Å². The highest BCUT2D eigenvalue weighted by Crippen LogP contribution is 2.18. The quantitative estimate of drug-likeness (QED) is 0.639. The molecule has 1 fully saturated rings. The molecule has 0 spiro atoms. The third-order valence-corrected chi connectivity index (χ3v) is 4.99. The third-order valence-electron chi connectivity index (χ3n) is 4.99. The van der Waals surface area contributed by atoms with E-state index in [1.165, 1.54) is 0 Å². The van der Waals surface area contributed by atoms with Gasteiger partial charge in [0, 0.05) is 51.7 Å². The number of nitrogens with one attached hydrogen (secondary N) is 1. The molecule has 156 valence electrons. The molecule has 1 saturated heterocycles. The minimum absolute atomic E-state index is 0.154. The Balaban J connectivity index is 1.41. The van der Waals surface area contributed by atoms with Gasteiger partial charge in [-0.25, -0.2) is 4.98 Å². The van der Waals surface area contributed by atoms with Gasteiger partial charge < -0.3 is 19.7 Å². The Morgan fingerprint density at radius 1 is 1.10 bits per heavy atom.